The number of nitrogens with zero attached hydrogens (tertiary/aromatic N) is 2. The number of nitrogens with one attached hydrogen (secondary N) is 1. The fourth-order valence-electron chi connectivity index (χ4n) is 4.00. The van der Waals surface area contributed by atoms with Crippen LogP contribution in [0.25, 0.3) is 0 Å². The molecule has 0 unspecified atom stereocenters. The molecule has 0 aromatic heterocycles. The second-order valence-electron chi connectivity index (χ2n) is 6.95. The molecule has 5 nitrogen and oxygen atoms in total. The molecule has 0 radical (unpaired) electrons. The highest BCUT2D eigenvalue weighted by Crippen LogP contribution is 2.34. The van der Waals surface area contributed by atoms with Crippen molar-refractivity contribution in [3.63, 3.8) is 0 Å². The number of piperazine rings is 1. The van der Waals surface area contributed by atoms with Gasteiger partial charge < -0.3 is 9.80 Å². The maximum atomic E-state index is 14.1. The standard InChI is InChI=1S/C21H22FN3O2/c1-2-5-14-8-9-15-18(21(27)23-20(15)26)19(14)25-12-10-24(11-13-25)17-7-4-3-6-16(17)22/h3-4,6-9H,2,5,10-13H2,1H3,(H,23,26,27). The van der Waals surface area contributed by atoms with Crippen LogP contribution in [0.5, 0.6) is 0 Å². The average Bonchev–Trinajstić information content (AvgIpc) is 2.97. The van der Waals surface area contributed by atoms with Crippen LogP contribution in [-0.4, -0.2) is 38.0 Å². The van der Waals surface area contributed by atoms with Gasteiger partial charge in [0.1, 0.15) is 5.82 Å². The van der Waals surface area contributed by atoms with Crippen molar-refractivity contribution in [1.82, 2.24) is 5.32 Å². The molecular weight excluding hydrogens is 345 g/mol. The van der Waals surface area contributed by atoms with Gasteiger partial charge in [-0.1, -0.05) is 31.5 Å². The number of hydrogen-bond acceptors (Lipinski definition) is 4. The monoisotopic (exact) mass is 367 g/mol. The third-order valence-electron chi connectivity index (χ3n) is 5.27. The number of halogens is 1. The lowest BCUT2D eigenvalue weighted by atomic mass is 9.97. The van der Waals surface area contributed by atoms with Crippen molar-refractivity contribution in [2.24, 2.45) is 0 Å². The fraction of sp³-hybridized carbons (Fsp3) is 0.333. The number of fused-ring (bicyclic) bond motifs is 1. The Kier molecular flexibility index (Phi) is 4.56. The first-order chi connectivity index (χ1) is 13.1. The SMILES string of the molecule is CCCc1ccc2c(c1N1CCN(c3ccccc3F)CC1)C(=O)NC2=O. The van der Waals surface area contributed by atoms with Crippen LogP contribution in [0, 0.1) is 5.82 Å². The molecule has 2 amide bonds. The average molecular weight is 367 g/mol. The zero-order valence-electron chi connectivity index (χ0n) is 15.3. The lowest BCUT2D eigenvalue weighted by molar-refractivity contribution is 0.0880. The summed E-state index contributed by atoms with van der Waals surface area (Å²) < 4.78 is 14.1. The zero-order chi connectivity index (χ0) is 19.0. The number of para-hydroxylation sites is 1. The Hall–Kier alpha value is -2.89. The van der Waals surface area contributed by atoms with Gasteiger partial charge in [0.15, 0.2) is 0 Å². The van der Waals surface area contributed by atoms with E-state index in [-0.39, 0.29) is 17.6 Å². The van der Waals surface area contributed by atoms with E-state index < -0.39 is 0 Å². The maximum absolute atomic E-state index is 14.1. The Bertz CT molecular complexity index is 904. The van der Waals surface area contributed by atoms with Crippen LogP contribution in [0.15, 0.2) is 36.4 Å². The Morgan fingerprint density at radius 2 is 1.67 bits per heavy atom. The van der Waals surface area contributed by atoms with Crippen molar-refractivity contribution in [1.29, 1.82) is 0 Å². The van der Waals surface area contributed by atoms with Crippen LogP contribution in [-0.2, 0) is 6.42 Å². The number of carbonyl (C=O) groups is 2. The van der Waals surface area contributed by atoms with E-state index in [4.69, 9.17) is 0 Å². The molecule has 1 N–H and O–H groups in total. The minimum absolute atomic E-state index is 0.219. The molecule has 2 aliphatic heterocycles. The number of benzene rings is 2. The molecule has 0 aliphatic carbocycles. The molecule has 2 aromatic carbocycles. The van der Waals surface area contributed by atoms with E-state index in [9.17, 15) is 14.0 Å². The van der Waals surface area contributed by atoms with Gasteiger partial charge in [0.05, 0.1) is 22.5 Å². The number of rotatable bonds is 4. The molecule has 0 bridgehead atoms. The molecule has 2 heterocycles. The number of anilines is 2. The van der Waals surface area contributed by atoms with Crippen molar-refractivity contribution < 1.29 is 14.0 Å². The van der Waals surface area contributed by atoms with E-state index in [0.717, 1.165) is 24.1 Å². The summed E-state index contributed by atoms with van der Waals surface area (Å²) in [6.45, 7) is 4.75. The largest absolute Gasteiger partial charge is 0.367 e. The summed E-state index contributed by atoms with van der Waals surface area (Å²) in [6.07, 6.45) is 1.80. The second-order valence-corrected chi connectivity index (χ2v) is 6.95. The molecule has 2 aromatic rings. The minimum atomic E-state index is -0.329. The Labute approximate surface area is 157 Å². The zero-order valence-corrected chi connectivity index (χ0v) is 15.3. The second kappa shape index (κ2) is 7.02. The van der Waals surface area contributed by atoms with Crippen LogP contribution < -0.4 is 15.1 Å². The molecule has 4 rings (SSSR count). The summed E-state index contributed by atoms with van der Waals surface area (Å²) in [5.41, 5.74) is 3.50. The minimum Gasteiger partial charge on any atom is -0.367 e. The van der Waals surface area contributed by atoms with Crippen molar-refractivity contribution >= 4 is 23.2 Å². The molecule has 1 saturated heterocycles. The van der Waals surface area contributed by atoms with Crippen LogP contribution in [0.1, 0.15) is 39.6 Å². The van der Waals surface area contributed by atoms with E-state index in [2.05, 4.69) is 17.1 Å². The van der Waals surface area contributed by atoms with E-state index in [1.165, 1.54) is 6.07 Å². The van der Waals surface area contributed by atoms with E-state index in [0.29, 0.717) is 43.0 Å². The summed E-state index contributed by atoms with van der Waals surface area (Å²) in [4.78, 5) is 28.7. The van der Waals surface area contributed by atoms with Crippen LogP contribution in [0.2, 0.25) is 0 Å². The number of carbonyl (C=O) groups excluding carboxylic acids is 2. The van der Waals surface area contributed by atoms with Crippen LogP contribution in [0.3, 0.4) is 0 Å². The van der Waals surface area contributed by atoms with Gasteiger partial charge in [-0.15, -0.1) is 0 Å². The van der Waals surface area contributed by atoms with Gasteiger partial charge in [0, 0.05) is 26.2 Å². The highest BCUT2D eigenvalue weighted by atomic mass is 19.1. The van der Waals surface area contributed by atoms with Crippen molar-refractivity contribution in [2.45, 2.75) is 19.8 Å². The third-order valence-corrected chi connectivity index (χ3v) is 5.27. The van der Waals surface area contributed by atoms with Crippen LogP contribution in [0.4, 0.5) is 15.8 Å². The van der Waals surface area contributed by atoms with Crippen molar-refractivity contribution in [3.8, 4) is 0 Å². The fourth-order valence-corrected chi connectivity index (χ4v) is 4.00. The Morgan fingerprint density at radius 1 is 0.963 bits per heavy atom. The molecule has 1 fully saturated rings. The molecule has 2 aliphatic rings. The summed E-state index contributed by atoms with van der Waals surface area (Å²) in [5.74, 6) is -0.869. The number of aryl methyl sites for hydroxylation is 1. The number of hydrogen-bond donors (Lipinski definition) is 1. The lowest BCUT2D eigenvalue weighted by Gasteiger charge is -2.38. The Balaban J connectivity index is 1.64. The molecule has 0 spiro atoms. The lowest BCUT2D eigenvalue weighted by Crippen LogP contribution is -2.47. The van der Waals surface area contributed by atoms with E-state index in [1.54, 1.807) is 18.2 Å². The van der Waals surface area contributed by atoms with Gasteiger partial charge in [-0.3, -0.25) is 14.9 Å². The van der Waals surface area contributed by atoms with Gasteiger partial charge in [0.25, 0.3) is 11.8 Å². The maximum Gasteiger partial charge on any atom is 0.261 e. The van der Waals surface area contributed by atoms with Crippen LogP contribution >= 0.6 is 0 Å². The highest BCUT2D eigenvalue weighted by molar-refractivity contribution is 6.24. The first-order valence-electron chi connectivity index (χ1n) is 9.36. The van der Waals surface area contributed by atoms with Gasteiger partial charge in [0.2, 0.25) is 0 Å². The van der Waals surface area contributed by atoms with Crippen molar-refractivity contribution in [2.75, 3.05) is 36.0 Å². The van der Waals surface area contributed by atoms with Gasteiger partial charge >= 0.3 is 0 Å². The third kappa shape index (κ3) is 3.05. The highest BCUT2D eigenvalue weighted by Gasteiger charge is 2.33. The summed E-state index contributed by atoms with van der Waals surface area (Å²) in [7, 11) is 0. The van der Waals surface area contributed by atoms with Crippen molar-refractivity contribution in [3.05, 3.63) is 58.9 Å². The molecule has 27 heavy (non-hydrogen) atoms. The van der Waals surface area contributed by atoms with Gasteiger partial charge in [-0.05, 0) is 30.2 Å². The van der Waals surface area contributed by atoms with E-state index >= 15 is 0 Å². The predicted octanol–water partition coefficient (Wildman–Crippen LogP) is 2.99. The smallest absolute Gasteiger partial charge is 0.261 e. The predicted molar refractivity (Wildman–Crippen MR) is 103 cm³/mol. The summed E-state index contributed by atoms with van der Waals surface area (Å²) >= 11 is 0. The van der Waals surface area contributed by atoms with Gasteiger partial charge in [-0.25, -0.2) is 4.39 Å². The van der Waals surface area contributed by atoms with Gasteiger partial charge in [-0.2, -0.15) is 0 Å². The first kappa shape index (κ1) is 17.5. The normalized spacial score (nSPS) is 16.5. The topological polar surface area (TPSA) is 52.6 Å². The molecular formula is C21H22FN3O2. The molecule has 6 heteroatoms. The number of amides is 2. The summed E-state index contributed by atoms with van der Waals surface area (Å²) in [5, 5.41) is 2.41. The Morgan fingerprint density at radius 3 is 2.37 bits per heavy atom. The summed E-state index contributed by atoms with van der Waals surface area (Å²) in [6, 6.07) is 10.5. The molecule has 140 valence electrons. The quantitative estimate of drug-likeness (QED) is 0.844. The molecule has 0 atom stereocenters. The molecule has 0 saturated carbocycles. The number of imide groups is 1. The first-order valence-corrected chi connectivity index (χ1v) is 9.36. The van der Waals surface area contributed by atoms with E-state index in [1.807, 2.05) is 17.0 Å².